The first-order chi connectivity index (χ1) is 29.1. The van der Waals surface area contributed by atoms with Gasteiger partial charge in [0, 0.05) is 77.5 Å². The number of piperidine rings is 1. The number of rotatable bonds is 7. The molecule has 1 aromatic rings. The molecule has 61 heavy (non-hydrogen) atoms. The van der Waals surface area contributed by atoms with Crippen LogP contribution >= 0.6 is 45.2 Å². The molecule has 12 nitrogen and oxygen atoms in total. The van der Waals surface area contributed by atoms with Gasteiger partial charge in [0.1, 0.15) is 0 Å². The number of methoxy groups -OCH3 is 3. The Hall–Kier alpha value is -2.35. The van der Waals surface area contributed by atoms with Crippen LogP contribution in [0.5, 0.6) is 0 Å². The summed E-state index contributed by atoms with van der Waals surface area (Å²) in [5, 5.41) is 12.1. The van der Waals surface area contributed by atoms with Crippen molar-refractivity contribution >= 4 is 68.7 Å². The molecule has 1 N–H and O–H groups in total. The van der Waals surface area contributed by atoms with Crippen LogP contribution in [0.2, 0.25) is 0 Å². The maximum Gasteiger partial charge on any atom is 0.347 e. The third-order valence-electron chi connectivity index (χ3n) is 16.9. The molecule has 6 heterocycles. The van der Waals surface area contributed by atoms with Gasteiger partial charge in [0.15, 0.2) is 11.8 Å². The Labute approximate surface area is 385 Å². The Kier molecular flexibility index (Phi) is 10.0. The molecule has 6 aliphatic heterocycles. The summed E-state index contributed by atoms with van der Waals surface area (Å²) in [4.78, 5) is 50.3. The van der Waals surface area contributed by atoms with Crippen molar-refractivity contribution < 1.29 is 43.2 Å². The minimum atomic E-state index is -1.63. The number of carbonyl (C=O) groups is 3. The maximum atomic E-state index is 15.6. The predicted molar refractivity (Wildman–Crippen MR) is 243 cm³/mol. The fourth-order valence-electron chi connectivity index (χ4n) is 14.8. The van der Waals surface area contributed by atoms with Crippen molar-refractivity contribution in [3.8, 4) is 0 Å². The zero-order chi connectivity index (χ0) is 43.2. The molecule has 328 valence electrons. The maximum absolute atomic E-state index is 15.6. The number of fused-ring (bicyclic) bond motifs is 5. The van der Waals surface area contributed by atoms with Crippen molar-refractivity contribution in [1.82, 2.24) is 14.7 Å². The molecule has 10 rings (SSSR count). The largest absolute Gasteiger partial charge is 0.468 e. The quantitative estimate of drug-likeness (QED) is 0.120. The number of likely N-dealkylation sites (tertiary alicyclic amines) is 1. The fourth-order valence-corrected chi connectivity index (χ4v) is 15.7. The lowest BCUT2D eigenvalue weighted by molar-refractivity contribution is -0.182. The van der Waals surface area contributed by atoms with Crippen LogP contribution in [0.15, 0.2) is 53.3 Å². The molecule has 14 heteroatoms. The van der Waals surface area contributed by atoms with Crippen molar-refractivity contribution in [3.63, 3.8) is 0 Å². The van der Waals surface area contributed by atoms with E-state index >= 15 is 4.79 Å². The molecular weight excluding hydrogens is 1000 g/mol. The number of likely N-dealkylation sites (N-methyl/N-ethyl adjacent to an activating group) is 1. The monoisotopic (exact) mass is 1060 g/mol. The zero-order valence-electron chi connectivity index (χ0n) is 36.1. The Morgan fingerprint density at radius 3 is 2.44 bits per heavy atom. The summed E-state index contributed by atoms with van der Waals surface area (Å²) < 4.78 is 34.2. The van der Waals surface area contributed by atoms with E-state index in [-0.39, 0.29) is 17.9 Å². The summed E-state index contributed by atoms with van der Waals surface area (Å²) in [7, 11) is 6.57. The van der Waals surface area contributed by atoms with Crippen LogP contribution in [0.4, 0.5) is 0 Å². The average Bonchev–Trinajstić information content (AvgIpc) is 3.51. The van der Waals surface area contributed by atoms with E-state index in [1.165, 1.54) is 45.0 Å². The first-order valence-corrected chi connectivity index (χ1v) is 24.1. The van der Waals surface area contributed by atoms with E-state index in [4.69, 9.17) is 23.7 Å². The average molecular weight is 1060 g/mol. The minimum absolute atomic E-state index is 0.0122. The van der Waals surface area contributed by atoms with Crippen LogP contribution in [0.25, 0.3) is 5.57 Å². The number of epoxide rings is 1. The lowest BCUT2D eigenvalue weighted by atomic mass is 9.48. The molecule has 0 radical (unpaired) electrons. The van der Waals surface area contributed by atoms with Crippen LogP contribution in [0.3, 0.4) is 0 Å². The van der Waals surface area contributed by atoms with Gasteiger partial charge in [-0.15, -0.1) is 0 Å². The molecule has 1 aromatic carbocycles. The van der Waals surface area contributed by atoms with Gasteiger partial charge in [-0.05, 0) is 149 Å². The third kappa shape index (κ3) is 5.24. The first kappa shape index (κ1) is 42.6. The number of hydrogen-bond donors (Lipinski definition) is 1. The molecule has 1 saturated carbocycles. The summed E-state index contributed by atoms with van der Waals surface area (Å²) >= 11 is 4.83. The number of allylic oxidation sites excluding steroid dienone is 1. The summed E-state index contributed by atoms with van der Waals surface area (Å²) in [6.45, 7) is 9.15. The Bertz CT molecular complexity index is 2260. The van der Waals surface area contributed by atoms with Crippen molar-refractivity contribution in [2.45, 2.75) is 101 Å². The van der Waals surface area contributed by atoms with Gasteiger partial charge in [-0.25, -0.2) is 4.79 Å². The summed E-state index contributed by atoms with van der Waals surface area (Å²) in [5.74, 6) is -1.88. The van der Waals surface area contributed by atoms with Crippen molar-refractivity contribution in [1.29, 1.82) is 0 Å². The molecule has 4 saturated heterocycles. The number of esters is 3. The van der Waals surface area contributed by atoms with Crippen molar-refractivity contribution in [2.75, 3.05) is 61.1 Å². The minimum Gasteiger partial charge on any atom is -0.468 e. The van der Waals surface area contributed by atoms with Gasteiger partial charge < -0.3 is 33.7 Å². The lowest BCUT2D eigenvalue weighted by Gasteiger charge is -2.58. The molecule has 5 fully saturated rings. The highest BCUT2D eigenvalue weighted by Crippen LogP contribution is 2.82. The van der Waals surface area contributed by atoms with E-state index < -0.39 is 63.2 Å². The van der Waals surface area contributed by atoms with Crippen LogP contribution < -0.4 is 0 Å². The summed E-state index contributed by atoms with van der Waals surface area (Å²) in [6.07, 6.45) is 11.5. The van der Waals surface area contributed by atoms with Gasteiger partial charge in [0.25, 0.3) is 5.60 Å². The van der Waals surface area contributed by atoms with Crippen molar-refractivity contribution in [2.24, 2.45) is 28.1 Å². The standard InChI is InChI=1S/C47H57I2N3O9/c1-8-42(56)22-27-23-44(40(54)58-6,31-17-28-18-34(48)35(49)19-30(28)29(31)11-15-51(24-27)25-42)33-20-32-36(21-37(33)57-5)50(4)47-45(32)13-16-52-14-10-12-43(9-2,38(45)52)39(60-26(3)53)46(47,61-47)41(55)59-7/h10,12,18-21,27,33,37-39,56H,8-9,11,13-17,22-25H2,1-7H3/t27-,33?,37?,38+,39-,42+,43-,44-,45-,46+,47+/m1/s1. The number of benzene rings is 1. The van der Waals surface area contributed by atoms with Crippen molar-refractivity contribution in [3.05, 3.63) is 71.5 Å². The second-order valence-corrected chi connectivity index (χ2v) is 21.5. The zero-order valence-corrected chi connectivity index (χ0v) is 40.5. The molecular formula is C47H57I2N3O9. The van der Waals surface area contributed by atoms with Crippen LogP contribution in [0.1, 0.15) is 70.4 Å². The highest BCUT2D eigenvalue weighted by molar-refractivity contribution is 14.1. The highest BCUT2D eigenvalue weighted by atomic mass is 127. The van der Waals surface area contributed by atoms with Gasteiger partial charge in [-0.3, -0.25) is 19.4 Å². The fraction of sp³-hybridized carbons (Fsp3) is 0.638. The first-order valence-electron chi connectivity index (χ1n) is 21.9. The molecule has 0 aromatic heterocycles. The highest BCUT2D eigenvalue weighted by Gasteiger charge is 2.99. The summed E-state index contributed by atoms with van der Waals surface area (Å²) in [5.41, 5.74) is 0.0595. The molecule has 2 spiro atoms. The number of nitrogens with zero attached hydrogens (tertiary/aromatic N) is 3. The predicted octanol–water partition coefficient (Wildman–Crippen LogP) is 5.63. The van der Waals surface area contributed by atoms with Gasteiger partial charge in [0.2, 0.25) is 0 Å². The Balaban J connectivity index is 1.24. The normalized spacial score (nSPS) is 42.6. The smallest absolute Gasteiger partial charge is 0.347 e. The van der Waals surface area contributed by atoms with E-state index in [0.29, 0.717) is 51.6 Å². The summed E-state index contributed by atoms with van der Waals surface area (Å²) in [6, 6.07) is 4.35. The van der Waals surface area contributed by atoms with Crippen LogP contribution in [-0.4, -0.2) is 134 Å². The van der Waals surface area contributed by atoms with Gasteiger partial charge in [-0.2, -0.15) is 0 Å². The van der Waals surface area contributed by atoms with Gasteiger partial charge in [0.05, 0.1) is 36.8 Å². The van der Waals surface area contributed by atoms with Crippen LogP contribution in [-0.2, 0) is 44.5 Å². The van der Waals surface area contributed by atoms with E-state index in [2.05, 4.69) is 110 Å². The molecule has 3 unspecified atom stereocenters. The van der Waals surface area contributed by atoms with E-state index in [0.717, 1.165) is 42.9 Å². The van der Waals surface area contributed by atoms with Crippen LogP contribution in [0, 0.1) is 35.2 Å². The second-order valence-electron chi connectivity index (χ2n) is 19.2. The molecule has 2 bridgehead atoms. The number of ether oxygens (including phenoxy) is 5. The molecule has 12 atom stereocenters. The SMILES string of the molecule is CC[C@]1(O)C[C@H]2CN(CCC3=C(Cc4cc(I)c(I)cc43)[C@@](C(=O)OC)(C3C=C4C(=CC3OC)N(C)[C@@]35O[C@]3(C(=O)OC)[C@H](OC(C)=O)[C@]3(CC)C=CCN6CC[C@]45[C@@H]63)C2)C1. The van der Waals surface area contributed by atoms with Gasteiger partial charge >= 0.3 is 17.9 Å². The number of hydrogen-bond acceptors (Lipinski definition) is 12. The number of halogens is 2. The van der Waals surface area contributed by atoms with E-state index in [1.54, 1.807) is 7.11 Å². The Morgan fingerprint density at radius 2 is 1.75 bits per heavy atom. The molecule has 9 aliphatic rings. The lowest BCUT2D eigenvalue weighted by Crippen LogP contribution is -2.73. The molecule has 3 aliphatic carbocycles. The topological polar surface area (TPSA) is 131 Å². The van der Waals surface area contributed by atoms with E-state index in [1.807, 2.05) is 7.05 Å². The Morgan fingerprint density at radius 1 is 1.00 bits per heavy atom. The second kappa shape index (κ2) is 14.3. The third-order valence-corrected chi connectivity index (χ3v) is 19.7. The number of carbonyl (C=O) groups excluding carboxylic acids is 3. The van der Waals surface area contributed by atoms with Gasteiger partial charge in [-0.1, -0.05) is 32.1 Å². The number of aliphatic hydroxyl groups is 1. The molecule has 0 amide bonds. The van der Waals surface area contributed by atoms with E-state index in [9.17, 15) is 14.7 Å².